The second-order valence-electron chi connectivity index (χ2n) is 7.12. The van der Waals surface area contributed by atoms with Crippen molar-refractivity contribution in [1.29, 1.82) is 0 Å². The number of nitrogens with zero attached hydrogens (tertiary/aromatic N) is 3. The van der Waals surface area contributed by atoms with E-state index in [0.29, 0.717) is 35.1 Å². The Balaban J connectivity index is 1.73. The zero-order chi connectivity index (χ0) is 20.1. The molecule has 1 fully saturated rings. The van der Waals surface area contributed by atoms with Gasteiger partial charge in [-0.2, -0.15) is 0 Å². The number of aliphatic hydroxyl groups is 1. The monoisotopic (exact) mass is 404 g/mol. The highest BCUT2D eigenvalue weighted by atomic mass is 35.5. The largest absolute Gasteiger partial charge is 0.480 e. The molecule has 2 aromatic rings. The average Bonchev–Trinajstić information content (AvgIpc) is 2.72. The summed E-state index contributed by atoms with van der Waals surface area (Å²) in [5, 5.41) is 21.9. The maximum Gasteiger partial charge on any atom is 0.252 e. The Morgan fingerprint density at radius 3 is 2.64 bits per heavy atom. The lowest BCUT2D eigenvalue weighted by Crippen LogP contribution is -2.44. The van der Waals surface area contributed by atoms with Gasteiger partial charge in [-0.15, -0.1) is 10.2 Å². The first-order valence-electron chi connectivity index (χ1n) is 9.33. The third-order valence-electron chi connectivity index (χ3n) is 5.12. The minimum atomic E-state index is -0.826. The molecule has 0 unspecified atom stereocenters. The summed E-state index contributed by atoms with van der Waals surface area (Å²) in [6.07, 6.45) is 4.51. The Kier molecular flexibility index (Phi) is 6.36. The van der Waals surface area contributed by atoms with E-state index in [-0.39, 0.29) is 12.5 Å². The predicted molar refractivity (Wildman–Crippen MR) is 108 cm³/mol. The summed E-state index contributed by atoms with van der Waals surface area (Å²) < 4.78 is 5.02. The topological polar surface area (TPSA) is 87.6 Å². The van der Waals surface area contributed by atoms with E-state index in [0.717, 1.165) is 24.9 Å². The molecule has 2 N–H and O–H groups in total. The van der Waals surface area contributed by atoms with Crippen LogP contribution in [-0.2, 0) is 0 Å². The molecule has 1 aromatic carbocycles. The predicted octanol–water partition coefficient (Wildman–Crippen LogP) is 3.33. The number of ether oxygens (including phenoxy) is 1. The number of methoxy groups -OCH3 is 1. The van der Waals surface area contributed by atoms with Crippen molar-refractivity contribution in [3.05, 3.63) is 40.9 Å². The number of carbonyl (C=O) groups excluding carboxylic acids is 1. The van der Waals surface area contributed by atoms with Gasteiger partial charge in [0, 0.05) is 25.3 Å². The first kappa shape index (κ1) is 20.4. The molecule has 150 valence electrons. The molecule has 1 aliphatic rings. The summed E-state index contributed by atoms with van der Waals surface area (Å²) in [5.41, 5.74) is 0.269. The third-order valence-corrected chi connectivity index (χ3v) is 5.45. The number of carbonyl (C=O) groups is 1. The van der Waals surface area contributed by atoms with Crippen molar-refractivity contribution in [1.82, 2.24) is 15.5 Å². The van der Waals surface area contributed by atoms with Gasteiger partial charge in [-0.1, -0.05) is 30.9 Å². The SMILES string of the molecule is COc1ccc(N(C)c2ccc(Cl)c(C(=O)NCC3(O)CCCCC3)c2)nn1. The van der Waals surface area contributed by atoms with E-state index in [1.807, 2.05) is 7.05 Å². The molecule has 1 amide bonds. The molecular weight excluding hydrogens is 380 g/mol. The molecule has 0 saturated heterocycles. The lowest BCUT2D eigenvalue weighted by molar-refractivity contribution is 0.00526. The Morgan fingerprint density at radius 2 is 2.00 bits per heavy atom. The number of benzene rings is 1. The van der Waals surface area contributed by atoms with Crippen molar-refractivity contribution in [2.75, 3.05) is 25.6 Å². The van der Waals surface area contributed by atoms with Crippen LogP contribution in [0.15, 0.2) is 30.3 Å². The van der Waals surface area contributed by atoms with Gasteiger partial charge in [0.15, 0.2) is 5.82 Å². The maximum absolute atomic E-state index is 12.7. The van der Waals surface area contributed by atoms with Gasteiger partial charge >= 0.3 is 0 Å². The highest BCUT2D eigenvalue weighted by Crippen LogP contribution is 2.29. The van der Waals surface area contributed by atoms with Crippen LogP contribution in [0, 0.1) is 0 Å². The van der Waals surface area contributed by atoms with Crippen LogP contribution in [0.3, 0.4) is 0 Å². The molecule has 1 aliphatic carbocycles. The average molecular weight is 405 g/mol. The Labute approximate surface area is 169 Å². The molecule has 1 aromatic heterocycles. The van der Waals surface area contributed by atoms with Crippen LogP contribution < -0.4 is 15.0 Å². The van der Waals surface area contributed by atoms with E-state index in [1.54, 1.807) is 35.2 Å². The summed E-state index contributed by atoms with van der Waals surface area (Å²) in [6, 6.07) is 8.68. The summed E-state index contributed by atoms with van der Waals surface area (Å²) in [7, 11) is 3.35. The van der Waals surface area contributed by atoms with Gasteiger partial charge in [0.1, 0.15) is 0 Å². The molecule has 0 atom stereocenters. The first-order chi connectivity index (χ1) is 13.4. The zero-order valence-corrected chi connectivity index (χ0v) is 16.9. The third kappa shape index (κ3) is 4.72. The summed E-state index contributed by atoms with van der Waals surface area (Å²) in [5.74, 6) is 0.722. The molecule has 1 saturated carbocycles. The van der Waals surface area contributed by atoms with E-state index in [9.17, 15) is 9.90 Å². The van der Waals surface area contributed by atoms with Crippen molar-refractivity contribution in [2.45, 2.75) is 37.7 Å². The van der Waals surface area contributed by atoms with Crippen LogP contribution in [0.25, 0.3) is 0 Å². The van der Waals surface area contributed by atoms with Crippen LogP contribution in [0.1, 0.15) is 42.5 Å². The van der Waals surface area contributed by atoms with E-state index in [4.69, 9.17) is 16.3 Å². The van der Waals surface area contributed by atoms with E-state index in [1.165, 1.54) is 7.11 Å². The van der Waals surface area contributed by atoms with Crippen molar-refractivity contribution in [2.24, 2.45) is 0 Å². The van der Waals surface area contributed by atoms with Gasteiger partial charge in [0.25, 0.3) is 5.91 Å². The summed E-state index contributed by atoms with van der Waals surface area (Å²) in [4.78, 5) is 14.5. The van der Waals surface area contributed by atoms with Gasteiger partial charge in [-0.05, 0) is 37.1 Å². The number of anilines is 2. The van der Waals surface area contributed by atoms with Crippen molar-refractivity contribution in [3.8, 4) is 5.88 Å². The fraction of sp³-hybridized carbons (Fsp3) is 0.450. The van der Waals surface area contributed by atoms with Gasteiger partial charge in [0.2, 0.25) is 5.88 Å². The van der Waals surface area contributed by atoms with Crippen molar-refractivity contribution < 1.29 is 14.6 Å². The lowest BCUT2D eigenvalue weighted by atomic mass is 9.85. The molecule has 0 bridgehead atoms. The van der Waals surface area contributed by atoms with E-state index < -0.39 is 5.60 Å². The van der Waals surface area contributed by atoms with Crippen molar-refractivity contribution >= 4 is 29.0 Å². The normalized spacial score (nSPS) is 15.7. The number of nitrogens with one attached hydrogen (secondary N) is 1. The summed E-state index contributed by atoms with van der Waals surface area (Å²) in [6.45, 7) is 0.228. The molecule has 1 heterocycles. The molecule has 7 nitrogen and oxygen atoms in total. The minimum Gasteiger partial charge on any atom is -0.480 e. The zero-order valence-electron chi connectivity index (χ0n) is 16.1. The number of rotatable bonds is 6. The second-order valence-corrected chi connectivity index (χ2v) is 7.53. The van der Waals surface area contributed by atoms with Gasteiger partial charge in [-0.3, -0.25) is 4.79 Å². The maximum atomic E-state index is 12.7. The number of hydrogen-bond donors (Lipinski definition) is 2. The number of halogens is 1. The first-order valence-corrected chi connectivity index (χ1v) is 9.71. The van der Waals surface area contributed by atoms with Crippen LogP contribution in [-0.4, -0.2) is 47.5 Å². The standard InChI is InChI=1S/C20H25ClN4O3/c1-25(17-8-9-18(28-2)24-23-17)14-6-7-16(21)15(12-14)19(26)22-13-20(27)10-4-3-5-11-20/h6-9,12,27H,3-5,10-11,13H2,1-2H3,(H,22,26). The fourth-order valence-electron chi connectivity index (χ4n) is 3.36. The number of amides is 1. The number of hydrogen-bond acceptors (Lipinski definition) is 6. The Morgan fingerprint density at radius 1 is 1.25 bits per heavy atom. The molecule has 28 heavy (non-hydrogen) atoms. The van der Waals surface area contributed by atoms with Crippen molar-refractivity contribution in [3.63, 3.8) is 0 Å². The highest BCUT2D eigenvalue weighted by molar-refractivity contribution is 6.34. The molecule has 0 radical (unpaired) electrons. The number of aromatic nitrogens is 2. The van der Waals surface area contributed by atoms with Crippen LogP contribution in [0.4, 0.5) is 11.5 Å². The molecule has 0 aliphatic heterocycles. The van der Waals surface area contributed by atoms with Gasteiger partial charge in [-0.25, -0.2) is 0 Å². The Hall–Kier alpha value is -2.38. The quantitative estimate of drug-likeness (QED) is 0.767. The molecule has 3 rings (SSSR count). The van der Waals surface area contributed by atoms with Crippen LogP contribution in [0.5, 0.6) is 5.88 Å². The fourth-order valence-corrected chi connectivity index (χ4v) is 3.56. The van der Waals surface area contributed by atoms with Gasteiger partial charge in [0.05, 0.1) is 23.3 Å². The van der Waals surface area contributed by atoms with E-state index >= 15 is 0 Å². The lowest BCUT2D eigenvalue weighted by Gasteiger charge is -2.32. The Bertz CT molecular complexity index is 823. The minimum absolute atomic E-state index is 0.228. The van der Waals surface area contributed by atoms with Gasteiger partial charge < -0.3 is 20.1 Å². The molecule has 8 heteroatoms. The van der Waals surface area contributed by atoms with Crippen LogP contribution >= 0.6 is 11.6 Å². The summed E-state index contributed by atoms with van der Waals surface area (Å²) >= 11 is 6.25. The van der Waals surface area contributed by atoms with E-state index in [2.05, 4.69) is 15.5 Å². The highest BCUT2D eigenvalue weighted by Gasteiger charge is 2.29. The molecular formula is C20H25ClN4O3. The molecule has 0 spiro atoms. The second kappa shape index (κ2) is 8.75. The smallest absolute Gasteiger partial charge is 0.252 e. The van der Waals surface area contributed by atoms with Crippen LogP contribution in [0.2, 0.25) is 5.02 Å².